The van der Waals surface area contributed by atoms with Crippen LogP contribution < -0.4 is 5.32 Å². The molecular formula is C14H10BrClINO. The first kappa shape index (κ1) is 14.8. The van der Waals surface area contributed by atoms with Gasteiger partial charge < -0.3 is 5.32 Å². The van der Waals surface area contributed by atoms with Gasteiger partial charge in [-0.1, -0.05) is 17.7 Å². The van der Waals surface area contributed by atoms with Gasteiger partial charge in [0.15, 0.2) is 0 Å². The molecule has 0 unspecified atom stereocenters. The zero-order valence-corrected chi connectivity index (χ0v) is 14.5. The molecule has 0 saturated carbocycles. The van der Waals surface area contributed by atoms with Crippen LogP contribution in [0.15, 0.2) is 40.9 Å². The van der Waals surface area contributed by atoms with Crippen LogP contribution >= 0.6 is 50.1 Å². The Kier molecular flexibility index (Phi) is 4.86. The number of hydrogen-bond acceptors (Lipinski definition) is 1. The second kappa shape index (κ2) is 6.24. The maximum atomic E-state index is 12.1. The molecule has 0 aliphatic heterocycles. The molecule has 2 rings (SSSR count). The Morgan fingerprint density at radius 2 is 2.00 bits per heavy atom. The van der Waals surface area contributed by atoms with E-state index in [1.165, 1.54) is 0 Å². The highest BCUT2D eigenvalue weighted by Crippen LogP contribution is 2.25. The fourth-order valence-electron chi connectivity index (χ4n) is 1.57. The molecule has 1 amide bonds. The number of benzene rings is 2. The number of amides is 1. The van der Waals surface area contributed by atoms with Crippen LogP contribution in [0.5, 0.6) is 0 Å². The Bertz CT molecular complexity index is 645. The highest BCUT2D eigenvalue weighted by Gasteiger charge is 2.10. The van der Waals surface area contributed by atoms with Crippen molar-refractivity contribution in [3.8, 4) is 0 Å². The molecule has 0 radical (unpaired) electrons. The van der Waals surface area contributed by atoms with Crippen LogP contribution in [-0.4, -0.2) is 5.91 Å². The minimum atomic E-state index is -0.176. The lowest BCUT2D eigenvalue weighted by molar-refractivity contribution is 0.102. The molecule has 1 N–H and O–H groups in total. The van der Waals surface area contributed by atoms with Crippen LogP contribution in [0.2, 0.25) is 5.02 Å². The SMILES string of the molecule is Cc1ccc(Br)c(NC(=O)c2ccc(I)c(Cl)c2)c1. The first-order chi connectivity index (χ1) is 8.97. The number of halogens is 3. The predicted octanol–water partition coefficient (Wildman–Crippen LogP) is 5.27. The van der Waals surface area contributed by atoms with Crippen LogP contribution in [0, 0.1) is 10.5 Å². The van der Waals surface area contributed by atoms with Gasteiger partial charge in [0.2, 0.25) is 0 Å². The molecular weight excluding hydrogens is 440 g/mol. The molecule has 2 aromatic rings. The molecule has 2 aromatic carbocycles. The molecule has 0 saturated heterocycles. The number of carbonyl (C=O) groups is 1. The Morgan fingerprint density at radius 1 is 1.26 bits per heavy atom. The van der Waals surface area contributed by atoms with Gasteiger partial charge in [-0.15, -0.1) is 0 Å². The van der Waals surface area contributed by atoms with Crippen molar-refractivity contribution in [3.05, 3.63) is 60.6 Å². The number of rotatable bonds is 2. The van der Waals surface area contributed by atoms with Gasteiger partial charge in [0, 0.05) is 13.6 Å². The van der Waals surface area contributed by atoms with E-state index < -0.39 is 0 Å². The zero-order valence-electron chi connectivity index (χ0n) is 10.0. The quantitative estimate of drug-likeness (QED) is 0.621. The van der Waals surface area contributed by atoms with Crippen molar-refractivity contribution in [2.24, 2.45) is 0 Å². The maximum absolute atomic E-state index is 12.1. The maximum Gasteiger partial charge on any atom is 0.255 e. The summed E-state index contributed by atoms with van der Waals surface area (Å²) in [7, 11) is 0. The minimum Gasteiger partial charge on any atom is -0.321 e. The fourth-order valence-corrected chi connectivity index (χ4v) is 2.43. The Hall–Kier alpha value is -0.590. The smallest absolute Gasteiger partial charge is 0.255 e. The predicted molar refractivity (Wildman–Crippen MR) is 91.0 cm³/mol. The molecule has 0 fully saturated rings. The molecule has 0 atom stereocenters. The van der Waals surface area contributed by atoms with Crippen LogP contribution in [-0.2, 0) is 0 Å². The Labute approximate surface area is 138 Å². The van der Waals surface area contributed by atoms with E-state index in [0.29, 0.717) is 10.6 Å². The van der Waals surface area contributed by atoms with Gasteiger partial charge in [0.05, 0.1) is 10.7 Å². The minimum absolute atomic E-state index is 0.176. The van der Waals surface area contributed by atoms with E-state index in [-0.39, 0.29) is 5.91 Å². The van der Waals surface area contributed by atoms with Crippen LogP contribution in [0.4, 0.5) is 5.69 Å². The van der Waals surface area contributed by atoms with Gasteiger partial charge in [0.1, 0.15) is 0 Å². The molecule has 19 heavy (non-hydrogen) atoms. The number of aryl methyl sites for hydroxylation is 1. The molecule has 0 aliphatic carbocycles. The van der Waals surface area contributed by atoms with E-state index in [1.807, 2.05) is 31.2 Å². The third kappa shape index (κ3) is 3.70. The largest absolute Gasteiger partial charge is 0.321 e. The van der Waals surface area contributed by atoms with E-state index in [2.05, 4.69) is 43.8 Å². The van der Waals surface area contributed by atoms with Crippen LogP contribution in [0.25, 0.3) is 0 Å². The normalized spacial score (nSPS) is 10.3. The summed E-state index contributed by atoms with van der Waals surface area (Å²) < 4.78 is 1.77. The average Bonchev–Trinajstić information content (AvgIpc) is 2.37. The van der Waals surface area contributed by atoms with Crippen molar-refractivity contribution in [1.29, 1.82) is 0 Å². The van der Waals surface area contributed by atoms with Crippen molar-refractivity contribution in [2.75, 3.05) is 5.32 Å². The zero-order chi connectivity index (χ0) is 14.0. The highest BCUT2D eigenvalue weighted by molar-refractivity contribution is 14.1. The van der Waals surface area contributed by atoms with Gasteiger partial charge in [0.25, 0.3) is 5.91 Å². The highest BCUT2D eigenvalue weighted by atomic mass is 127. The van der Waals surface area contributed by atoms with Crippen molar-refractivity contribution >= 4 is 61.7 Å². The van der Waals surface area contributed by atoms with Crippen molar-refractivity contribution in [2.45, 2.75) is 6.92 Å². The van der Waals surface area contributed by atoms with Crippen LogP contribution in [0.3, 0.4) is 0 Å². The monoisotopic (exact) mass is 449 g/mol. The standard InChI is InChI=1S/C14H10BrClINO/c1-8-2-4-10(15)13(6-8)18-14(19)9-3-5-12(17)11(16)7-9/h2-7H,1H3,(H,18,19). The van der Waals surface area contributed by atoms with E-state index >= 15 is 0 Å². The topological polar surface area (TPSA) is 29.1 Å². The fraction of sp³-hybridized carbons (Fsp3) is 0.0714. The lowest BCUT2D eigenvalue weighted by atomic mass is 10.2. The van der Waals surface area contributed by atoms with Crippen molar-refractivity contribution < 1.29 is 4.79 Å². The Morgan fingerprint density at radius 3 is 2.68 bits per heavy atom. The van der Waals surface area contributed by atoms with Crippen LogP contribution in [0.1, 0.15) is 15.9 Å². The second-order valence-corrected chi connectivity index (χ2v) is 6.49. The second-order valence-electron chi connectivity index (χ2n) is 4.07. The van der Waals surface area contributed by atoms with E-state index in [4.69, 9.17) is 11.6 Å². The summed E-state index contributed by atoms with van der Waals surface area (Å²) in [6.07, 6.45) is 0. The number of anilines is 1. The lowest BCUT2D eigenvalue weighted by Gasteiger charge is -2.09. The van der Waals surface area contributed by atoms with Gasteiger partial charge in [-0.25, -0.2) is 0 Å². The van der Waals surface area contributed by atoms with Gasteiger partial charge >= 0.3 is 0 Å². The summed E-state index contributed by atoms with van der Waals surface area (Å²) in [5, 5.41) is 3.45. The van der Waals surface area contributed by atoms with Crippen molar-refractivity contribution in [1.82, 2.24) is 0 Å². The summed E-state index contributed by atoms with van der Waals surface area (Å²) in [4.78, 5) is 12.1. The van der Waals surface area contributed by atoms with E-state index in [0.717, 1.165) is 19.3 Å². The molecule has 5 heteroatoms. The number of hydrogen-bond donors (Lipinski definition) is 1. The van der Waals surface area contributed by atoms with Gasteiger partial charge in [-0.3, -0.25) is 4.79 Å². The van der Waals surface area contributed by atoms with E-state index in [1.54, 1.807) is 12.1 Å². The lowest BCUT2D eigenvalue weighted by Crippen LogP contribution is -2.12. The molecule has 98 valence electrons. The third-order valence-electron chi connectivity index (χ3n) is 2.55. The summed E-state index contributed by atoms with van der Waals surface area (Å²) in [6, 6.07) is 11.0. The molecule has 0 aliphatic rings. The average molecular weight is 451 g/mol. The third-order valence-corrected chi connectivity index (χ3v) is 4.82. The molecule has 2 nitrogen and oxygen atoms in total. The summed E-state index contributed by atoms with van der Waals surface area (Å²) in [5.74, 6) is -0.176. The van der Waals surface area contributed by atoms with E-state index in [9.17, 15) is 4.79 Å². The van der Waals surface area contributed by atoms with Crippen molar-refractivity contribution in [3.63, 3.8) is 0 Å². The molecule has 0 spiro atoms. The summed E-state index contributed by atoms with van der Waals surface area (Å²) in [5.41, 5.74) is 2.37. The summed E-state index contributed by atoms with van der Waals surface area (Å²) in [6.45, 7) is 1.98. The molecule has 0 heterocycles. The molecule has 0 aromatic heterocycles. The van der Waals surface area contributed by atoms with Gasteiger partial charge in [-0.05, 0) is 81.3 Å². The number of carbonyl (C=O) groups excluding carboxylic acids is 1. The Balaban J connectivity index is 2.25. The van der Waals surface area contributed by atoms with Gasteiger partial charge in [-0.2, -0.15) is 0 Å². The first-order valence-electron chi connectivity index (χ1n) is 5.50. The molecule has 0 bridgehead atoms. The summed E-state index contributed by atoms with van der Waals surface area (Å²) >= 11 is 11.6. The number of nitrogens with one attached hydrogen (secondary N) is 1. The first-order valence-corrected chi connectivity index (χ1v) is 7.75.